The fourth-order valence-corrected chi connectivity index (χ4v) is 11.0. The topological polar surface area (TPSA) is 123 Å². The lowest BCUT2D eigenvalue weighted by molar-refractivity contribution is -0.384. The molecule has 44 heavy (non-hydrogen) atoms. The monoisotopic (exact) mass is 645 g/mol. The van der Waals surface area contributed by atoms with Crippen molar-refractivity contribution in [1.29, 1.82) is 0 Å². The van der Waals surface area contributed by atoms with Crippen LogP contribution in [-0.2, 0) is 16.2 Å². The Morgan fingerprint density at radius 1 is 0.955 bits per heavy atom. The van der Waals surface area contributed by atoms with E-state index in [0.717, 1.165) is 27.5 Å². The van der Waals surface area contributed by atoms with Crippen LogP contribution in [0.4, 0.5) is 11.4 Å². The number of anilines is 1. The molecule has 0 radical (unpaired) electrons. The quantitative estimate of drug-likeness (QED) is 0.149. The number of benzene rings is 3. The van der Waals surface area contributed by atoms with Crippen molar-refractivity contribution in [2.75, 3.05) is 4.90 Å². The number of hydrogen-bond acceptors (Lipinski definition) is 8. The molecule has 9 nitrogen and oxygen atoms in total. The molecule has 222 valence electrons. The van der Waals surface area contributed by atoms with Gasteiger partial charge in [-0.3, -0.25) is 29.4 Å². The van der Waals surface area contributed by atoms with Crippen LogP contribution in [0.15, 0.2) is 82.6 Å². The van der Waals surface area contributed by atoms with Crippen LogP contribution in [0.25, 0.3) is 0 Å². The number of nitrogens with zero attached hydrogens (tertiary/aromatic N) is 2. The number of non-ortho nitro benzene ring substituents is 1. The summed E-state index contributed by atoms with van der Waals surface area (Å²) in [4.78, 5) is 56.3. The summed E-state index contributed by atoms with van der Waals surface area (Å²) >= 11 is 8.89. The maximum Gasteiger partial charge on any atom is 0.305 e. The van der Waals surface area contributed by atoms with Crippen LogP contribution in [0, 0.1) is 39.7 Å². The maximum absolute atomic E-state index is 14.0. The van der Waals surface area contributed by atoms with Gasteiger partial charge in [0.05, 0.1) is 27.5 Å². The van der Waals surface area contributed by atoms with Gasteiger partial charge in [-0.05, 0) is 60.1 Å². The molecule has 2 aliphatic carbocycles. The summed E-state index contributed by atoms with van der Waals surface area (Å²) in [7, 11) is 0. The minimum absolute atomic E-state index is 0.0130. The highest BCUT2D eigenvalue weighted by atomic mass is 35.5. The van der Waals surface area contributed by atoms with Gasteiger partial charge in [-0.25, -0.2) is 0 Å². The van der Waals surface area contributed by atoms with E-state index in [4.69, 9.17) is 16.3 Å². The van der Waals surface area contributed by atoms with Crippen molar-refractivity contribution in [3.8, 4) is 5.75 Å². The second-order valence-electron chi connectivity index (χ2n) is 11.7. The van der Waals surface area contributed by atoms with E-state index in [9.17, 15) is 24.5 Å². The summed E-state index contributed by atoms with van der Waals surface area (Å²) < 4.78 is 6.38. The van der Waals surface area contributed by atoms with Crippen LogP contribution in [0.3, 0.4) is 0 Å². The van der Waals surface area contributed by atoms with E-state index in [1.54, 1.807) is 11.8 Å². The van der Waals surface area contributed by atoms with Gasteiger partial charge >= 0.3 is 4.87 Å². The third kappa shape index (κ3) is 4.17. The molecule has 1 aromatic heterocycles. The number of carbonyl (C=O) groups is 2. The number of ether oxygens (including phenoxy) is 1. The first kappa shape index (κ1) is 27.6. The lowest BCUT2D eigenvalue weighted by Crippen LogP contribution is -2.42. The molecule has 4 aromatic rings. The fourth-order valence-electron chi connectivity index (χ4n) is 7.95. The molecule has 3 heterocycles. The molecule has 1 N–H and O–H groups in total. The van der Waals surface area contributed by atoms with Crippen molar-refractivity contribution < 1.29 is 19.2 Å². The number of carbonyl (C=O) groups excluding carboxylic acids is 2. The van der Waals surface area contributed by atoms with E-state index in [1.165, 1.54) is 40.5 Å². The Balaban J connectivity index is 1.16. The number of thioether (sulfide) groups is 1. The van der Waals surface area contributed by atoms with Gasteiger partial charge in [-0.2, -0.15) is 0 Å². The molecule has 0 spiro atoms. The van der Waals surface area contributed by atoms with Gasteiger partial charge in [0.1, 0.15) is 12.4 Å². The molecule has 7 atom stereocenters. The number of imide groups is 1. The van der Waals surface area contributed by atoms with Crippen molar-refractivity contribution in [2.45, 2.75) is 29.2 Å². The van der Waals surface area contributed by atoms with Crippen LogP contribution in [-0.4, -0.2) is 27.0 Å². The number of halogens is 1. The van der Waals surface area contributed by atoms with E-state index in [-0.39, 0.29) is 51.3 Å². The van der Waals surface area contributed by atoms with Crippen LogP contribution < -0.4 is 14.5 Å². The largest absolute Gasteiger partial charge is 0.489 e. The van der Waals surface area contributed by atoms with Crippen LogP contribution in [0.5, 0.6) is 5.75 Å². The summed E-state index contributed by atoms with van der Waals surface area (Å²) in [5, 5.41) is 12.7. The zero-order chi connectivity index (χ0) is 30.3. The standard InChI is InChI=1S/C32H24ClN3O6S2/c33-16-7-5-15(6-8-16)14-42-22-4-2-1-3-19(22)23-24-20-13-21(27(24)43-29-28(23)44-32(39)34-29)26-25(20)30(37)35(31(26)38)17-9-11-18(12-10-17)36(40)41/h1-12,20-21,23-27H,13-14H2,(H,34,39)/t20-,21-,23+,24+,25+,26+,27-/m1/s1. The molecular weight excluding hydrogens is 622 g/mol. The van der Waals surface area contributed by atoms with Crippen LogP contribution in [0.2, 0.25) is 5.02 Å². The number of thiazole rings is 1. The Hall–Kier alpha value is -3.93. The highest BCUT2D eigenvalue weighted by Crippen LogP contribution is 2.69. The Bertz CT molecular complexity index is 1890. The number of para-hydroxylation sites is 1. The van der Waals surface area contributed by atoms with E-state index >= 15 is 0 Å². The van der Waals surface area contributed by atoms with Gasteiger partial charge in [0.2, 0.25) is 11.8 Å². The van der Waals surface area contributed by atoms with Crippen LogP contribution >= 0.6 is 34.7 Å². The summed E-state index contributed by atoms with van der Waals surface area (Å²) in [5.41, 5.74) is 2.19. The lowest BCUT2D eigenvalue weighted by Gasteiger charge is -2.43. The van der Waals surface area contributed by atoms with E-state index in [1.807, 2.05) is 48.5 Å². The number of amides is 2. The molecule has 3 aromatic carbocycles. The van der Waals surface area contributed by atoms with Crippen molar-refractivity contribution in [2.24, 2.45) is 29.6 Å². The first-order valence-electron chi connectivity index (χ1n) is 14.3. The number of nitrogens with one attached hydrogen (secondary N) is 1. The second-order valence-corrected chi connectivity index (χ2v) is 14.3. The predicted molar refractivity (Wildman–Crippen MR) is 166 cm³/mol. The van der Waals surface area contributed by atoms with Gasteiger partial charge in [-0.15, -0.1) is 11.8 Å². The predicted octanol–water partition coefficient (Wildman–Crippen LogP) is 6.25. The molecular formula is C32H24ClN3O6S2. The normalized spacial score (nSPS) is 28.1. The molecule has 8 rings (SSSR count). The summed E-state index contributed by atoms with van der Waals surface area (Å²) in [6, 6.07) is 20.9. The van der Waals surface area contributed by atoms with Gasteiger partial charge in [0.25, 0.3) is 5.69 Å². The number of nitro groups is 1. The lowest BCUT2D eigenvalue weighted by atomic mass is 9.68. The third-order valence-electron chi connectivity index (χ3n) is 9.60. The number of nitro benzene ring substituents is 1. The van der Waals surface area contributed by atoms with Crippen LogP contribution in [0.1, 0.15) is 28.3 Å². The number of aromatic nitrogens is 1. The highest BCUT2D eigenvalue weighted by Gasteiger charge is 2.69. The van der Waals surface area contributed by atoms with E-state index < -0.39 is 16.8 Å². The van der Waals surface area contributed by atoms with Gasteiger partial charge in [0, 0.05) is 38.8 Å². The number of H-pyrrole nitrogens is 1. The molecule has 2 bridgehead atoms. The van der Waals surface area contributed by atoms with Crippen molar-refractivity contribution in [1.82, 2.24) is 4.98 Å². The molecule has 12 heteroatoms. The number of rotatable bonds is 6. The SMILES string of the molecule is O=C1[C@H]2[C@H]3C[C@@H]([C@@H]2C(=O)N1c1ccc([N+](=O)[O-])cc1)[C@H]1[C@H](c2ccccc2OCc2ccc(Cl)cc2)c2sc(=O)[nH]c2S[C@H]31. The second kappa shape index (κ2) is 10.3. The number of fused-ring (bicyclic) bond motifs is 9. The molecule has 4 aliphatic rings. The van der Waals surface area contributed by atoms with E-state index in [0.29, 0.717) is 23.1 Å². The number of hydrogen-bond donors (Lipinski definition) is 1. The molecule has 0 unspecified atom stereocenters. The third-order valence-corrected chi connectivity index (χ3v) is 12.4. The smallest absolute Gasteiger partial charge is 0.305 e. The van der Waals surface area contributed by atoms with Crippen molar-refractivity contribution in [3.05, 3.63) is 114 Å². The summed E-state index contributed by atoms with van der Waals surface area (Å²) in [6.45, 7) is 0.341. The Morgan fingerprint density at radius 3 is 2.39 bits per heavy atom. The van der Waals surface area contributed by atoms with Crippen molar-refractivity contribution >= 4 is 57.9 Å². The fraction of sp³-hybridized carbons (Fsp3) is 0.281. The maximum atomic E-state index is 14.0. The Kier molecular flexibility index (Phi) is 6.48. The summed E-state index contributed by atoms with van der Waals surface area (Å²) in [5.74, 6) is -0.996. The Morgan fingerprint density at radius 2 is 1.66 bits per heavy atom. The average Bonchev–Trinajstić information content (AvgIpc) is 3.76. The molecule has 2 aliphatic heterocycles. The molecule has 1 saturated heterocycles. The minimum atomic E-state index is -0.506. The van der Waals surface area contributed by atoms with Gasteiger partial charge in [0.15, 0.2) is 0 Å². The summed E-state index contributed by atoms with van der Waals surface area (Å²) in [6.07, 6.45) is 0.757. The zero-order valence-electron chi connectivity index (χ0n) is 22.9. The van der Waals surface area contributed by atoms with Crippen molar-refractivity contribution in [3.63, 3.8) is 0 Å². The highest BCUT2D eigenvalue weighted by molar-refractivity contribution is 8.00. The molecule has 3 fully saturated rings. The molecule has 2 saturated carbocycles. The minimum Gasteiger partial charge on any atom is -0.489 e. The Labute approximate surface area is 264 Å². The molecule has 2 amide bonds. The van der Waals surface area contributed by atoms with Gasteiger partial charge in [-0.1, -0.05) is 53.3 Å². The van der Waals surface area contributed by atoms with Gasteiger partial charge < -0.3 is 9.72 Å². The first-order chi connectivity index (χ1) is 21.3. The number of aromatic amines is 1. The first-order valence-corrected chi connectivity index (χ1v) is 16.4. The zero-order valence-corrected chi connectivity index (χ0v) is 25.3. The van der Waals surface area contributed by atoms with E-state index in [2.05, 4.69) is 4.98 Å². The average molecular weight is 646 g/mol.